The van der Waals surface area contributed by atoms with Crippen molar-refractivity contribution in [2.24, 2.45) is 0 Å². The highest BCUT2D eigenvalue weighted by atomic mass is 79.9. The van der Waals surface area contributed by atoms with Gasteiger partial charge in [0.1, 0.15) is 12.0 Å². The smallest absolute Gasteiger partial charge is 0.188 e. The number of halogens is 1. The number of methoxy groups -OCH3 is 1. The normalized spacial score (nSPS) is 9.93. The van der Waals surface area contributed by atoms with Crippen molar-refractivity contribution in [3.63, 3.8) is 0 Å². The number of benzene rings is 1. The predicted molar refractivity (Wildman–Crippen MR) is 56.8 cm³/mol. The number of hydrogen-bond donors (Lipinski definition) is 0. The van der Waals surface area contributed by atoms with Crippen LogP contribution in [0.3, 0.4) is 0 Å². The van der Waals surface area contributed by atoms with Crippen molar-refractivity contribution in [2.45, 2.75) is 6.92 Å². The summed E-state index contributed by atoms with van der Waals surface area (Å²) in [4.78, 5) is 10.6. The number of aryl methyl sites for hydroxylation is 1. The van der Waals surface area contributed by atoms with Gasteiger partial charge in [0, 0.05) is 12.7 Å². The predicted octanol–water partition coefficient (Wildman–Crippen LogP) is 2.55. The molecule has 0 heterocycles. The summed E-state index contributed by atoms with van der Waals surface area (Å²) in [6, 6.07) is 3.53. The molecule has 1 rings (SSSR count). The fourth-order valence-corrected chi connectivity index (χ4v) is 1.51. The number of carbonyl (C=O) groups excluding carboxylic acids is 1. The lowest BCUT2D eigenvalue weighted by Gasteiger charge is -2.08. The molecule has 0 fully saturated rings. The first-order valence-corrected chi connectivity index (χ1v) is 4.85. The first-order valence-electron chi connectivity index (χ1n) is 4.06. The summed E-state index contributed by atoms with van der Waals surface area (Å²) >= 11 is 3.31. The third-order valence-corrected chi connectivity index (χ3v) is 2.40. The topological polar surface area (TPSA) is 35.5 Å². The van der Waals surface area contributed by atoms with Crippen LogP contribution in [-0.2, 0) is 4.74 Å². The second kappa shape index (κ2) is 5.12. The molecule has 0 radical (unpaired) electrons. The van der Waals surface area contributed by atoms with Gasteiger partial charge in [0.05, 0.1) is 4.47 Å². The van der Waals surface area contributed by atoms with Gasteiger partial charge in [-0.1, -0.05) is 0 Å². The fraction of sp³-hybridized carbons (Fsp3) is 0.300. The quantitative estimate of drug-likeness (QED) is 0.615. The third kappa shape index (κ3) is 2.56. The number of carbonyl (C=O) groups is 1. The molecule has 1 aromatic carbocycles. The second-order valence-electron chi connectivity index (χ2n) is 2.81. The molecule has 3 nitrogen and oxygen atoms in total. The van der Waals surface area contributed by atoms with Crippen LogP contribution in [0.25, 0.3) is 0 Å². The van der Waals surface area contributed by atoms with Crippen LogP contribution < -0.4 is 4.74 Å². The first-order chi connectivity index (χ1) is 6.69. The van der Waals surface area contributed by atoms with Gasteiger partial charge in [-0.25, -0.2) is 0 Å². The Morgan fingerprint density at radius 2 is 2.21 bits per heavy atom. The van der Waals surface area contributed by atoms with E-state index in [-0.39, 0.29) is 6.79 Å². The second-order valence-corrected chi connectivity index (χ2v) is 3.66. The zero-order valence-corrected chi connectivity index (χ0v) is 9.63. The molecule has 0 saturated heterocycles. The molecule has 0 aliphatic carbocycles. The molecular weight excluding hydrogens is 248 g/mol. The minimum Gasteiger partial charge on any atom is -0.466 e. The van der Waals surface area contributed by atoms with Crippen LogP contribution >= 0.6 is 15.9 Å². The molecule has 14 heavy (non-hydrogen) atoms. The van der Waals surface area contributed by atoms with Gasteiger partial charge in [-0.3, -0.25) is 4.79 Å². The minimum atomic E-state index is 0.193. The van der Waals surface area contributed by atoms with Gasteiger partial charge in [-0.15, -0.1) is 0 Å². The summed E-state index contributed by atoms with van der Waals surface area (Å²) in [7, 11) is 1.56. The Kier molecular flexibility index (Phi) is 4.10. The lowest BCUT2D eigenvalue weighted by molar-refractivity contribution is 0.0505. The number of ether oxygens (including phenoxy) is 2. The third-order valence-electron chi connectivity index (χ3n) is 1.78. The van der Waals surface area contributed by atoms with Gasteiger partial charge >= 0.3 is 0 Å². The number of aldehydes is 1. The molecule has 0 N–H and O–H groups in total. The summed E-state index contributed by atoms with van der Waals surface area (Å²) in [5, 5.41) is 0. The molecular formula is C10H11BrO3. The van der Waals surface area contributed by atoms with Crippen LogP contribution in [-0.4, -0.2) is 20.2 Å². The van der Waals surface area contributed by atoms with Gasteiger partial charge in [0.25, 0.3) is 0 Å². The highest BCUT2D eigenvalue weighted by Gasteiger charge is 2.05. The van der Waals surface area contributed by atoms with E-state index in [1.165, 1.54) is 0 Å². The summed E-state index contributed by atoms with van der Waals surface area (Å²) in [5.74, 6) is 0.676. The van der Waals surface area contributed by atoms with E-state index < -0.39 is 0 Å². The van der Waals surface area contributed by atoms with Gasteiger partial charge in [-0.05, 0) is 40.5 Å². The Balaban J connectivity index is 2.96. The summed E-state index contributed by atoms with van der Waals surface area (Å²) in [5.41, 5.74) is 1.54. The highest BCUT2D eigenvalue weighted by Crippen LogP contribution is 2.27. The van der Waals surface area contributed by atoms with E-state index in [9.17, 15) is 4.79 Å². The monoisotopic (exact) mass is 258 g/mol. The molecule has 1 aromatic rings. The van der Waals surface area contributed by atoms with E-state index in [0.717, 1.165) is 16.3 Å². The number of hydrogen-bond acceptors (Lipinski definition) is 3. The van der Waals surface area contributed by atoms with Crippen molar-refractivity contribution in [3.05, 3.63) is 27.7 Å². The Bertz CT molecular complexity index is 336. The van der Waals surface area contributed by atoms with Gasteiger partial charge < -0.3 is 9.47 Å². The molecule has 0 amide bonds. The van der Waals surface area contributed by atoms with Crippen LogP contribution in [0.5, 0.6) is 5.75 Å². The average Bonchev–Trinajstić information content (AvgIpc) is 2.18. The summed E-state index contributed by atoms with van der Waals surface area (Å²) in [6.45, 7) is 2.05. The van der Waals surface area contributed by atoms with Crippen molar-refractivity contribution in [3.8, 4) is 5.75 Å². The van der Waals surface area contributed by atoms with E-state index in [4.69, 9.17) is 9.47 Å². The Hall–Kier alpha value is -0.870. The van der Waals surface area contributed by atoms with Gasteiger partial charge in [-0.2, -0.15) is 0 Å². The van der Waals surface area contributed by atoms with E-state index in [2.05, 4.69) is 15.9 Å². The average molecular weight is 259 g/mol. The van der Waals surface area contributed by atoms with Crippen molar-refractivity contribution in [1.82, 2.24) is 0 Å². The van der Waals surface area contributed by atoms with E-state index in [1.54, 1.807) is 19.2 Å². The Labute approximate surface area is 91.1 Å². The molecule has 0 aliphatic rings. The van der Waals surface area contributed by atoms with Crippen molar-refractivity contribution in [2.75, 3.05) is 13.9 Å². The van der Waals surface area contributed by atoms with Crippen LogP contribution in [0.15, 0.2) is 16.6 Å². The largest absolute Gasteiger partial charge is 0.466 e. The van der Waals surface area contributed by atoms with Gasteiger partial charge in [0.15, 0.2) is 6.79 Å². The first kappa shape index (κ1) is 11.2. The maximum Gasteiger partial charge on any atom is 0.188 e. The SMILES string of the molecule is COCOc1cc(C)c(C=O)cc1Br. The van der Waals surface area contributed by atoms with Crippen LogP contribution in [0.4, 0.5) is 0 Å². The standard InChI is InChI=1S/C10H11BrO3/c1-7-3-10(14-6-13-2)9(11)4-8(7)5-12/h3-5H,6H2,1-2H3. The molecule has 4 heteroatoms. The molecule has 76 valence electrons. The summed E-state index contributed by atoms with van der Waals surface area (Å²) < 4.78 is 10.8. The van der Waals surface area contributed by atoms with Crippen molar-refractivity contribution in [1.29, 1.82) is 0 Å². The fourth-order valence-electron chi connectivity index (χ4n) is 1.03. The van der Waals surface area contributed by atoms with Crippen LogP contribution in [0.1, 0.15) is 15.9 Å². The lowest BCUT2D eigenvalue weighted by atomic mass is 10.1. The van der Waals surface area contributed by atoms with Crippen molar-refractivity contribution >= 4 is 22.2 Å². The molecule has 0 aromatic heterocycles. The molecule has 0 aliphatic heterocycles. The lowest BCUT2D eigenvalue weighted by Crippen LogP contribution is -2.00. The number of rotatable bonds is 4. The molecule has 0 spiro atoms. The molecule has 0 saturated carbocycles. The summed E-state index contributed by atoms with van der Waals surface area (Å²) in [6.07, 6.45) is 0.820. The molecule has 0 bridgehead atoms. The Morgan fingerprint density at radius 1 is 1.50 bits per heavy atom. The molecule has 0 atom stereocenters. The maximum atomic E-state index is 10.6. The zero-order valence-electron chi connectivity index (χ0n) is 8.04. The maximum absolute atomic E-state index is 10.6. The highest BCUT2D eigenvalue weighted by molar-refractivity contribution is 9.10. The van der Waals surface area contributed by atoms with E-state index in [1.807, 2.05) is 6.92 Å². The molecule has 0 unspecified atom stereocenters. The van der Waals surface area contributed by atoms with E-state index in [0.29, 0.717) is 11.3 Å². The zero-order chi connectivity index (χ0) is 10.6. The van der Waals surface area contributed by atoms with Crippen molar-refractivity contribution < 1.29 is 14.3 Å². The van der Waals surface area contributed by atoms with Crippen LogP contribution in [0.2, 0.25) is 0 Å². The minimum absolute atomic E-state index is 0.193. The van der Waals surface area contributed by atoms with Crippen LogP contribution in [0, 0.1) is 6.92 Å². The van der Waals surface area contributed by atoms with E-state index >= 15 is 0 Å². The van der Waals surface area contributed by atoms with Gasteiger partial charge in [0.2, 0.25) is 0 Å². The Morgan fingerprint density at radius 3 is 2.79 bits per heavy atom.